The van der Waals surface area contributed by atoms with Crippen molar-refractivity contribution in [2.24, 2.45) is 0 Å². The van der Waals surface area contributed by atoms with Crippen molar-refractivity contribution < 1.29 is 0 Å². The van der Waals surface area contributed by atoms with Gasteiger partial charge in [-0.05, 0) is 0 Å². The molecule has 0 bridgehead atoms. The van der Waals surface area contributed by atoms with Crippen LogP contribution in [0.5, 0.6) is 0 Å². The Morgan fingerprint density at radius 2 is 2.06 bits per heavy atom. The van der Waals surface area contributed by atoms with Crippen molar-refractivity contribution in [3.8, 4) is 0 Å². The summed E-state index contributed by atoms with van der Waals surface area (Å²) in [5, 5.41) is 0. The van der Waals surface area contributed by atoms with E-state index in [0.717, 1.165) is 0 Å². The van der Waals surface area contributed by atoms with Crippen molar-refractivity contribution in [2.75, 3.05) is 5.73 Å². The topological polar surface area (TPSA) is 78.7 Å². The van der Waals surface area contributed by atoms with Crippen LogP contribution in [-0.4, -0.2) is 19.1 Å². The van der Waals surface area contributed by atoms with Gasteiger partial charge in [-0.2, -0.15) is 4.98 Å². The molecule has 6 heteroatoms. The van der Waals surface area contributed by atoms with E-state index in [-0.39, 0.29) is 11.5 Å². The van der Waals surface area contributed by atoms with Gasteiger partial charge in [-0.3, -0.25) is 9.36 Å². The Labute approximate surface area is 97.7 Å². The SMILES string of the molecule is C=CCn1c(N)nc2ncn(CC=C)c2c1=O. The molecule has 0 saturated heterocycles. The number of nitrogens with zero attached hydrogens (tertiary/aromatic N) is 4. The fourth-order valence-corrected chi connectivity index (χ4v) is 1.66. The van der Waals surface area contributed by atoms with E-state index in [9.17, 15) is 4.79 Å². The molecule has 0 saturated carbocycles. The Morgan fingerprint density at radius 3 is 2.71 bits per heavy atom. The maximum atomic E-state index is 12.2. The molecular formula is C11H13N5O. The van der Waals surface area contributed by atoms with Crippen LogP contribution in [0.1, 0.15) is 0 Å². The molecule has 0 aliphatic carbocycles. The van der Waals surface area contributed by atoms with Crippen LogP contribution in [0.3, 0.4) is 0 Å². The van der Waals surface area contributed by atoms with Crippen molar-refractivity contribution in [1.29, 1.82) is 0 Å². The summed E-state index contributed by atoms with van der Waals surface area (Å²) in [7, 11) is 0. The van der Waals surface area contributed by atoms with E-state index in [4.69, 9.17) is 5.73 Å². The van der Waals surface area contributed by atoms with Gasteiger partial charge in [-0.1, -0.05) is 12.2 Å². The molecule has 17 heavy (non-hydrogen) atoms. The van der Waals surface area contributed by atoms with Crippen LogP contribution in [0.2, 0.25) is 0 Å². The molecule has 0 amide bonds. The van der Waals surface area contributed by atoms with Crippen molar-refractivity contribution in [3.63, 3.8) is 0 Å². The molecule has 2 aromatic rings. The quantitative estimate of drug-likeness (QED) is 0.779. The number of anilines is 1. The van der Waals surface area contributed by atoms with Crippen molar-refractivity contribution in [2.45, 2.75) is 13.1 Å². The van der Waals surface area contributed by atoms with Gasteiger partial charge in [0.1, 0.15) is 0 Å². The van der Waals surface area contributed by atoms with Crippen LogP contribution < -0.4 is 11.3 Å². The Balaban J connectivity index is 2.77. The number of rotatable bonds is 4. The zero-order chi connectivity index (χ0) is 12.4. The summed E-state index contributed by atoms with van der Waals surface area (Å²) in [6.07, 6.45) is 4.84. The van der Waals surface area contributed by atoms with E-state index in [1.807, 2.05) is 0 Å². The first-order valence-electron chi connectivity index (χ1n) is 5.12. The summed E-state index contributed by atoms with van der Waals surface area (Å²) in [6.45, 7) is 8.04. The summed E-state index contributed by atoms with van der Waals surface area (Å²) in [4.78, 5) is 20.3. The maximum absolute atomic E-state index is 12.2. The fourth-order valence-electron chi connectivity index (χ4n) is 1.66. The van der Waals surface area contributed by atoms with E-state index >= 15 is 0 Å². The minimum absolute atomic E-state index is 0.145. The molecule has 0 spiro atoms. The molecule has 0 fully saturated rings. The minimum atomic E-state index is -0.216. The van der Waals surface area contributed by atoms with E-state index in [2.05, 4.69) is 23.1 Å². The van der Waals surface area contributed by atoms with Gasteiger partial charge >= 0.3 is 0 Å². The molecule has 88 valence electrons. The molecule has 0 atom stereocenters. The zero-order valence-electron chi connectivity index (χ0n) is 9.33. The molecule has 0 aromatic carbocycles. The van der Waals surface area contributed by atoms with Gasteiger partial charge in [-0.15, -0.1) is 13.2 Å². The lowest BCUT2D eigenvalue weighted by atomic mass is 10.4. The molecule has 0 radical (unpaired) electrons. The molecule has 2 N–H and O–H groups in total. The number of aromatic nitrogens is 4. The monoisotopic (exact) mass is 231 g/mol. The van der Waals surface area contributed by atoms with Crippen LogP contribution in [-0.2, 0) is 13.1 Å². The zero-order valence-corrected chi connectivity index (χ0v) is 9.33. The molecule has 0 unspecified atom stereocenters. The highest BCUT2D eigenvalue weighted by Gasteiger charge is 2.12. The van der Waals surface area contributed by atoms with E-state index in [0.29, 0.717) is 24.3 Å². The fraction of sp³-hybridized carbons (Fsp3) is 0.182. The summed E-state index contributed by atoms with van der Waals surface area (Å²) >= 11 is 0. The second-order valence-electron chi connectivity index (χ2n) is 3.53. The average molecular weight is 231 g/mol. The standard InChI is InChI=1S/C11H13N5O/c1-3-5-15-7-13-9-8(15)10(17)16(6-4-2)11(12)14-9/h3-4,7H,1-2,5-6H2,(H2,12,14). The number of nitrogen functional groups attached to an aromatic ring is 1. The predicted octanol–water partition coefficient (Wildman–Crippen LogP) is 0.547. The predicted molar refractivity (Wildman–Crippen MR) is 66.6 cm³/mol. The van der Waals surface area contributed by atoms with Crippen LogP contribution >= 0.6 is 0 Å². The summed E-state index contributed by atoms with van der Waals surface area (Å²) < 4.78 is 3.05. The lowest BCUT2D eigenvalue weighted by Crippen LogP contribution is -2.25. The Morgan fingerprint density at radius 1 is 1.35 bits per heavy atom. The first kappa shape index (κ1) is 11.1. The van der Waals surface area contributed by atoms with Gasteiger partial charge in [0, 0.05) is 13.1 Å². The third-order valence-corrected chi connectivity index (χ3v) is 2.40. The van der Waals surface area contributed by atoms with Crippen LogP contribution in [0, 0.1) is 0 Å². The molecule has 2 heterocycles. The van der Waals surface area contributed by atoms with Gasteiger partial charge in [-0.25, -0.2) is 4.98 Å². The van der Waals surface area contributed by atoms with Gasteiger partial charge in [0.15, 0.2) is 11.2 Å². The smallest absolute Gasteiger partial charge is 0.281 e. The average Bonchev–Trinajstić information content (AvgIpc) is 2.68. The number of fused-ring (bicyclic) bond motifs is 1. The largest absolute Gasteiger partial charge is 0.369 e. The highest BCUT2D eigenvalue weighted by molar-refractivity contribution is 5.71. The van der Waals surface area contributed by atoms with E-state index < -0.39 is 0 Å². The van der Waals surface area contributed by atoms with Gasteiger partial charge in [0.2, 0.25) is 5.95 Å². The second-order valence-corrected chi connectivity index (χ2v) is 3.53. The molecule has 0 aliphatic rings. The second kappa shape index (κ2) is 4.25. The van der Waals surface area contributed by atoms with Crippen molar-refractivity contribution in [3.05, 3.63) is 42.0 Å². The van der Waals surface area contributed by atoms with Gasteiger partial charge < -0.3 is 10.3 Å². The van der Waals surface area contributed by atoms with E-state index in [1.54, 1.807) is 23.0 Å². The third kappa shape index (κ3) is 1.73. The lowest BCUT2D eigenvalue weighted by Gasteiger charge is -2.06. The third-order valence-electron chi connectivity index (χ3n) is 2.40. The minimum Gasteiger partial charge on any atom is -0.369 e. The molecule has 6 nitrogen and oxygen atoms in total. The molecule has 2 aromatic heterocycles. The number of hydrogen-bond donors (Lipinski definition) is 1. The van der Waals surface area contributed by atoms with Crippen LogP contribution in [0.25, 0.3) is 11.2 Å². The summed E-state index contributed by atoms with van der Waals surface area (Å²) in [5.74, 6) is 0.145. The molecule has 2 rings (SSSR count). The highest BCUT2D eigenvalue weighted by Crippen LogP contribution is 2.08. The summed E-state index contributed by atoms with van der Waals surface area (Å²) in [5.41, 5.74) is 6.26. The Bertz CT molecular complexity index is 637. The normalized spacial score (nSPS) is 10.6. The number of hydrogen-bond acceptors (Lipinski definition) is 4. The summed E-state index contributed by atoms with van der Waals surface area (Å²) in [6, 6.07) is 0. The lowest BCUT2D eigenvalue weighted by molar-refractivity contribution is 0.767. The Kier molecular flexibility index (Phi) is 2.78. The number of allylic oxidation sites excluding steroid dienone is 2. The number of nitrogens with two attached hydrogens (primary N) is 1. The van der Waals surface area contributed by atoms with Crippen LogP contribution in [0.4, 0.5) is 5.95 Å². The van der Waals surface area contributed by atoms with Crippen molar-refractivity contribution >= 4 is 17.1 Å². The number of imidazole rings is 1. The first-order chi connectivity index (χ1) is 8.19. The van der Waals surface area contributed by atoms with E-state index in [1.165, 1.54) is 4.57 Å². The Hall–Kier alpha value is -2.37. The first-order valence-corrected chi connectivity index (χ1v) is 5.12. The van der Waals surface area contributed by atoms with Crippen molar-refractivity contribution in [1.82, 2.24) is 19.1 Å². The molecule has 0 aliphatic heterocycles. The highest BCUT2D eigenvalue weighted by atomic mass is 16.1. The van der Waals surface area contributed by atoms with Gasteiger partial charge in [0.05, 0.1) is 6.33 Å². The van der Waals surface area contributed by atoms with Gasteiger partial charge in [0.25, 0.3) is 5.56 Å². The molecular weight excluding hydrogens is 218 g/mol. The maximum Gasteiger partial charge on any atom is 0.281 e. The van der Waals surface area contributed by atoms with Crippen LogP contribution in [0.15, 0.2) is 36.4 Å².